The fourth-order valence-electron chi connectivity index (χ4n) is 4.86. The molecule has 1 aromatic heterocycles. The third kappa shape index (κ3) is 6.91. The van der Waals surface area contributed by atoms with Crippen LogP contribution in [0.5, 0.6) is 0 Å². The second kappa shape index (κ2) is 13.1. The summed E-state index contributed by atoms with van der Waals surface area (Å²) in [7, 11) is 1.09. The van der Waals surface area contributed by atoms with Gasteiger partial charge in [0.05, 0.1) is 0 Å². The molecule has 4 atom stereocenters. The first kappa shape index (κ1) is 27.9. The van der Waals surface area contributed by atoms with Gasteiger partial charge in [-0.2, -0.15) is 0 Å². The Morgan fingerprint density at radius 2 is 1.07 bits per heavy atom. The molecular formula is C33H33N3O2P2. The minimum absolute atomic E-state index is 0.140. The van der Waals surface area contributed by atoms with Crippen LogP contribution in [0.25, 0.3) is 0 Å². The average molecular weight is 566 g/mol. The molecule has 0 bridgehead atoms. The summed E-state index contributed by atoms with van der Waals surface area (Å²) in [5, 5.41) is 11.2. The number of nitrogens with one attached hydrogen (secondary N) is 2. The van der Waals surface area contributed by atoms with Gasteiger partial charge in [-0.15, -0.1) is 0 Å². The molecule has 202 valence electrons. The summed E-state index contributed by atoms with van der Waals surface area (Å²) in [6.07, 6.45) is 10.3. The molecule has 2 aromatic carbocycles. The molecule has 1 heterocycles. The zero-order chi connectivity index (χ0) is 27.9. The molecule has 5 rings (SSSR count). The maximum Gasteiger partial charge on any atom is 0.270 e. The van der Waals surface area contributed by atoms with Crippen LogP contribution in [0.2, 0.25) is 0 Å². The van der Waals surface area contributed by atoms with E-state index >= 15 is 0 Å². The molecule has 2 aliphatic rings. The lowest BCUT2D eigenvalue weighted by molar-refractivity contribution is 0.0936. The molecular weight excluding hydrogens is 532 g/mol. The topological polar surface area (TPSA) is 71.1 Å². The molecule has 3 aromatic rings. The lowest BCUT2D eigenvalue weighted by atomic mass is 10.1. The summed E-state index contributed by atoms with van der Waals surface area (Å²) in [6, 6.07) is 25.5. The standard InChI is InChI=1S/C33H33N3O2P2/c1-22(26-16-9-20-30(26)39-24-12-5-3-6-13-24)34-32(37)28-18-11-19-29(36-28)33(38)35-23(2)27-17-10-21-31(27)40-25-14-7-4-8-15-25/h3-15,18-23,39-40H,16-17H2,1-2H3,(H,34,37)(H,35,38)/t22-,23-/m1/s1. The molecule has 2 unspecified atom stereocenters. The maximum atomic E-state index is 13.1. The van der Waals surface area contributed by atoms with E-state index in [2.05, 4.69) is 64.2 Å². The summed E-state index contributed by atoms with van der Waals surface area (Å²) < 4.78 is 0. The van der Waals surface area contributed by atoms with E-state index in [1.165, 1.54) is 32.4 Å². The SMILES string of the molecule is C[C@@H](NC(=O)c1cccc(C(=O)N[C@H](C)C2=C(Pc3ccccc3)C=CC2)n1)C1=C(Pc2ccccc2)C=CC1. The van der Waals surface area contributed by atoms with Crippen molar-refractivity contribution in [3.05, 3.63) is 136 Å². The van der Waals surface area contributed by atoms with Crippen LogP contribution in [0.15, 0.2) is 125 Å². The highest BCUT2D eigenvalue weighted by Gasteiger charge is 2.22. The Morgan fingerprint density at radius 3 is 1.50 bits per heavy atom. The van der Waals surface area contributed by atoms with E-state index in [0.717, 1.165) is 12.8 Å². The van der Waals surface area contributed by atoms with E-state index < -0.39 is 0 Å². The van der Waals surface area contributed by atoms with Crippen LogP contribution < -0.4 is 21.2 Å². The number of hydrogen-bond donors (Lipinski definition) is 2. The van der Waals surface area contributed by atoms with Gasteiger partial charge in [-0.05, 0) is 71.2 Å². The van der Waals surface area contributed by atoms with Crippen molar-refractivity contribution in [2.45, 2.75) is 38.8 Å². The fourth-order valence-corrected chi connectivity index (χ4v) is 7.56. The quantitative estimate of drug-likeness (QED) is 0.308. The first-order valence-corrected chi connectivity index (χ1v) is 15.5. The van der Waals surface area contributed by atoms with Crippen molar-refractivity contribution in [1.29, 1.82) is 0 Å². The summed E-state index contributed by atoms with van der Waals surface area (Å²) in [5.41, 5.74) is 2.89. The molecule has 7 heteroatoms. The zero-order valence-electron chi connectivity index (χ0n) is 22.6. The van der Waals surface area contributed by atoms with E-state index in [1.54, 1.807) is 18.2 Å². The van der Waals surface area contributed by atoms with Gasteiger partial charge in [-0.1, -0.05) is 108 Å². The molecule has 0 aliphatic heterocycles. The molecule has 0 saturated heterocycles. The van der Waals surface area contributed by atoms with Gasteiger partial charge in [0.25, 0.3) is 11.8 Å². The minimum atomic E-state index is -0.286. The van der Waals surface area contributed by atoms with Crippen molar-refractivity contribution < 1.29 is 9.59 Å². The van der Waals surface area contributed by atoms with Gasteiger partial charge in [0.1, 0.15) is 11.4 Å². The van der Waals surface area contributed by atoms with Gasteiger partial charge >= 0.3 is 0 Å². The van der Waals surface area contributed by atoms with E-state index in [4.69, 9.17) is 0 Å². The Morgan fingerprint density at radius 1 is 0.650 bits per heavy atom. The Bertz CT molecular complexity index is 1400. The van der Waals surface area contributed by atoms with Crippen molar-refractivity contribution in [3.8, 4) is 0 Å². The molecule has 0 radical (unpaired) electrons. The van der Waals surface area contributed by atoms with Gasteiger partial charge in [0.15, 0.2) is 0 Å². The molecule has 40 heavy (non-hydrogen) atoms. The first-order valence-electron chi connectivity index (χ1n) is 13.5. The second-order valence-corrected chi connectivity index (χ2v) is 12.6. The second-order valence-electron chi connectivity index (χ2n) is 9.87. The Kier molecular flexibility index (Phi) is 9.16. The Balaban J connectivity index is 1.23. The van der Waals surface area contributed by atoms with Gasteiger partial charge in [0, 0.05) is 12.1 Å². The third-order valence-corrected chi connectivity index (χ3v) is 9.76. The third-order valence-electron chi connectivity index (χ3n) is 7.00. The normalized spacial score (nSPS) is 16.4. The predicted octanol–water partition coefficient (Wildman–Crippen LogP) is 5.75. The molecule has 5 nitrogen and oxygen atoms in total. The molecule has 0 saturated carbocycles. The van der Waals surface area contributed by atoms with Crippen molar-refractivity contribution in [3.63, 3.8) is 0 Å². The molecule has 0 fully saturated rings. The lowest BCUT2D eigenvalue weighted by Gasteiger charge is -2.19. The highest BCUT2D eigenvalue weighted by Crippen LogP contribution is 2.36. The largest absolute Gasteiger partial charge is 0.344 e. The number of hydrogen-bond acceptors (Lipinski definition) is 3. The zero-order valence-corrected chi connectivity index (χ0v) is 24.6. The van der Waals surface area contributed by atoms with E-state index in [-0.39, 0.29) is 35.3 Å². The van der Waals surface area contributed by atoms with Crippen molar-refractivity contribution >= 4 is 39.6 Å². The highest BCUT2D eigenvalue weighted by atomic mass is 31.1. The highest BCUT2D eigenvalue weighted by molar-refractivity contribution is 7.52. The summed E-state index contributed by atoms with van der Waals surface area (Å²) in [5.74, 6) is -0.572. The molecule has 2 N–H and O–H groups in total. The number of aromatic nitrogens is 1. The summed E-state index contributed by atoms with van der Waals surface area (Å²) in [6.45, 7) is 4.01. The Hall–Kier alpha value is -3.65. The fraction of sp³-hybridized carbons (Fsp3) is 0.182. The summed E-state index contributed by atoms with van der Waals surface area (Å²) in [4.78, 5) is 30.7. The van der Waals surface area contributed by atoms with Gasteiger partial charge < -0.3 is 10.6 Å². The van der Waals surface area contributed by atoms with Crippen molar-refractivity contribution in [1.82, 2.24) is 15.6 Å². The van der Waals surface area contributed by atoms with Gasteiger partial charge in [0.2, 0.25) is 0 Å². The minimum Gasteiger partial charge on any atom is -0.344 e. The van der Waals surface area contributed by atoms with Crippen LogP contribution in [-0.2, 0) is 0 Å². The summed E-state index contributed by atoms with van der Waals surface area (Å²) >= 11 is 0. The van der Waals surface area contributed by atoms with E-state index in [1.807, 2.05) is 50.2 Å². The van der Waals surface area contributed by atoms with Crippen LogP contribution >= 0.6 is 17.2 Å². The van der Waals surface area contributed by atoms with Crippen LogP contribution in [0.4, 0.5) is 0 Å². The van der Waals surface area contributed by atoms with Crippen molar-refractivity contribution in [2.24, 2.45) is 0 Å². The number of carbonyl (C=O) groups excluding carboxylic acids is 2. The number of carbonyl (C=O) groups is 2. The molecule has 2 amide bonds. The monoisotopic (exact) mass is 565 g/mol. The maximum absolute atomic E-state index is 13.1. The van der Waals surface area contributed by atoms with E-state index in [0.29, 0.717) is 17.2 Å². The number of allylic oxidation sites excluding steroid dienone is 6. The number of benzene rings is 2. The van der Waals surface area contributed by atoms with Crippen LogP contribution in [0, 0.1) is 0 Å². The Labute approximate surface area is 239 Å². The van der Waals surface area contributed by atoms with Crippen LogP contribution in [-0.4, -0.2) is 28.9 Å². The van der Waals surface area contributed by atoms with E-state index in [9.17, 15) is 9.59 Å². The predicted molar refractivity (Wildman–Crippen MR) is 168 cm³/mol. The van der Waals surface area contributed by atoms with Crippen molar-refractivity contribution in [2.75, 3.05) is 0 Å². The molecule has 2 aliphatic carbocycles. The average Bonchev–Trinajstić information content (AvgIpc) is 3.64. The molecule has 0 spiro atoms. The number of amides is 2. The van der Waals surface area contributed by atoms with Gasteiger partial charge in [-0.25, -0.2) is 4.98 Å². The lowest BCUT2D eigenvalue weighted by Crippen LogP contribution is -2.36. The number of nitrogens with zero attached hydrogens (tertiary/aromatic N) is 1. The van der Waals surface area contributed by atoms with Gasteiger partial charge in [-0.3, -0.25) is 9.59 Å². The smallest absolute Gasteiger partial charge is 0.270 e. The first-order chi connectivity index (χ1) is 19.5. The van der Waals surface area contributed by atoms with Crippen LogP contribution in [0.1, 0.15) is 47.7 Å². The van der Waals surface area contributed by atoms with Crippen LogP contribution in [0.3, 0.4) is 0 Å². The number of pyridine rings is 1. The number of rotatable bonds is 10.